The van der Waals surface area contributed by atoms with Crippen molar-refractivity contribution in [2.75, 3.05) is 13.2 Å². The number of alkyl carbamates (subject to hydrolysis) is 1. The van der Waals surface area contributed by atoms with Crippen LogP contribution in [0.15, 0.2) is 48.5 Å². The van der Waals surface area contributed by atoms with Crippen LogP contribution in [0.4, 0.5) is 4.79 Å². The van der Waals surface area contributed by atoms with E-state index in [1.165, 1.54) is 6.92 Å². The third-order valence-electron chi connectivity index (χ3n) is 6.01. The fourth-order valence-corrected chi connectivity index (χ4v) is 3.72. The van der Waals surface area contributed by atoms with Crippen molar-refractivity contribution in [3.63, 3.8) is 0 Å². The van der Waals surface area contributed by atoms with E-state index in [1.54, 1.807) is 6.92 Å². The number of benzene rings is 2. The van der Waals surface area contributed by atoms with Crippen LogP contribution in [0.25, 0.3) is 11.1 Å². The highest BCUT2D eigenvalue weighted by Gasteiger charge is 2.34. The second-order valence-corrected chi connectivity index (χ2v) is 8.13. The van der Waals surface area contributed by atoms with Gasteiger partial charge in [0.2, 0.25) is 5.91 Å². The van der Waals surface area contributed by atoms with Gasteiger partial charge in [0.1, 0.15) is 12.6 Å². The maximum absolute atomic E-state index is 12.5. The molecule has 7 nitrogen and oxygen atoms in total. The molecule has 3 rings (SSSR count). The van der Waals surface area contributed by atoms with Crippen molar-refractivity contribution in [3.05, 3.63) is 59.7 Å². The van der Waals surface area contributed by atoms with Crippen LogP contribution in [0.1, 0.15) is 44.2 Å². The van der Waals surface area contributed by atoms with Crippen molar-refractivity contribution >= 4 is 18.0 Å². The van der Waals surface area contributed by atoms with E-state index < -0.39 is 29.4 Å². The van der Waals surface area contributed by atoms with Crippen LogP contribution in [0.5, 0.6) is 0 Å². The molecular formula is C24H28N2O5. The van der Waals surface area contributed by atoms with Gasteiger partial charge in [0.05, 0.1) is 5.41 Å². The Bertz CT molecular complexity index is 944. The van der Waals surface area contributed by atoms with Crippen LogP contribution < -0.4 is 10.6 Å². The summed E-state index contributed by atoms with van der Waals surface area (Å²) in [6.45, 7) is 5.11. The van der Waals surface area contributed by atoms with E-state index in [-0.39, 0.29) is 19.1 Å². The molecule has 0 aliphatic heterocycles. The van der Waals surface area contributed by atoms with E-state index in [9.17, 15) is 14.4 Å². The molecule has 1 unspecified atom stereocenters. The lowest BCUT2D eigenvalue weighted by molar-refractivity contribution is -0.143. The maximum Gasteiger partial charge on any atom is 0.407 e. The van der Waals surface area contributed by atoms with Gasteiger partial charge >= 0.3 is 12.1 Å². The monoisotopic (exact) mass is 424 g/mol. The maximum atomic E-state index is 12.5. The Morgan fingerprint density at radius 2 is 1.61 bits per heavy atom. The van der Waals surface area contributed by atoms with Crippen LogP contribution in [0.3, 0.4) is 0 Å². The number of fused-ring (bicyclic) bond motifs is 3. The molecule has 2 atom stereocenters. The summed E-state index contributed by atoms with van der Waals surface area (Å²) >= 11 is 0. The normalized spacial score (nSPS) is 15.2. The molecule has 164 valence electrons. The van der Waals surface area contributed by atoms with Crippen LogP contribution >= 0.6 is 0 Å². The molecule has 0 saturated carbocycles. The van der Waals surface area contributed by atoms with Crippen molar-refractivity contribution in [1.82, 2.24) is 10.6 Å². The highest BCUT2D eigenvalue weighted by atomic mass is 16.5. The van der Waals surface area contributed by atoms with E-state index >= 15 is 0 Å². The molecule has 2 amide bonds. The minimum Gasteiger partial charge on any atom is -0.480 e. The van der Waals surface area contributed by atoms with Crippen LogP contribution in [-0.2, 0) is 14.3 Å². The number of ether oxygens (including phenoxy) is 1. The van der Waals surface area contributed by atoms with Crippen LogP contribution in [-0.4, -0.2) is 42.3 Å². The summed E-state index contributed by atoms with van der Waals surface area (Å²) < 4.78 is 5.50. The average Bonchev–Trinajstić information content (AvgIpc) is 3.09. The number of carbonyl (C=O) groups excluding carboxylic acids is 2. The molecule has 0 aromatic heterocycles. The number of hydrogen-bond donors (Lipinski definition) is 3. The number of carboxylic acid groups (broad SMARTS) is 1. The van der Waals surface area contributed by atoms with Crippen molar-refractivity contribution < 1.29 is 24.2 Å². The molecule has 0 fully saturated rings. The summed E-state index contributed by atoms with van der Waals surface area (Å²) in [6, 6.07) is 15.2. The molecule has 1 aliphatic rings. The van der Waals surface area contributed by atoms with Gasteiger partial charge in [-0.1, -0.05) is 55.5 Å². The quantitative estimate of drug-likeness (QED) is 0.601. The third kappa shape index (κ3) is 4.71. The van der Waals surface area contributed by atoms with Crippen LogP contribution in [0, 0.1) is 5.41 Å². The topological polar surface area (TPSA) is 105 Å². The first-order chi connectivity index (χ1) is 14.8. The predicted molar refractivity (Wildman–Crippen MR) is 117 cm³/mol. The molecule has 31 heavy (non-hydrogen) atoms. The number of hydrogen-bond acceptors (Lipinski definition) is 4. The molecule has 0 bridgehead atoms. The third-order valence-corrected chi connectivity index (χ3v) is 6.01. The molecule has 3 N–H and O–H groups in total. The smallest absolute Gasteiger partial charge is 0.407 e. The van der Waals surface area contributed by atoms with E-state index in [2.05, 4.69) is 22.8 Å². The number of carbonyl (C=O) groups is 3. The lowest BCUT2D eigenvalue weighted by Gasteiger charge is -2.28. The minimum absolute atomic E-state index is 0.0400. The number of aliphatic carboxylic acids is 1. The van der Waals surface area contributed by atoms with Gasteiger partial charge in [-0.15, -0.1) is 0 Å². The molecule has 0 heterocycles. The lowest BCUT2D eigenvalue weighted by atomic mass is 9.86. The number of carboxylic acids is 1. The number of nitrogens with one attached hydrogen (secondary N) is 2. The minimum atomic E-state index is -1.11. The van der Waals surface area contributed by atoms with Crippen LogP contribution in [0.2, 0.25) is 0 Å². The molecule has 1 aliphatic carbocycles. The zero-order valence-corrected chi connectivity index (χ0v) is 18.0. The van der Waals surface area contributed by atoms with Gasteiger partial charge in [-0.2, -0.15) is 0 Å². The molecule has 0 saturated heterocycles. The number of amides is 2. The zero-order chi connectivity index (χ0) is 22.6. The highest BCUT2D eigenvalue weighted by Crippen LogP contribution is 2.44. The standard InChI is InChI=1S/C24H28N2O5/c1-4-24(3,22(29)26-15(2)21(27)28)14-25-23(30)31-13-20-18-11-7-5-9-16(18)17-10-6-8-12-19(17)20/h5-12,15,20H,4,13-14H2,1-3H3,(H,25,30)(H,26,29)(H,27,28)/t15-,24?/m1/s1. The predicted octanol–water partition coefficient (Wildman–Crippen LogP) is 3.53. The molecule has 0 radical (unpaired) electrons. The van der Waals surface area contributed by atoms with Crippen molar-refractivity contribution in [3.8, 4) is 11.1 Å². The lowest BCUT2D eigenvalue weighted by Crippen LogP contribution is -2.50. The van der Waals surface area contributed by atoms with Gasteiger partial charge in [0.15, 0.2) is 0 Å². The summed E-state index contributed by atoms with van der Waals surface area (Å²) in [6.07, 6.45) is -0.185. The Morgan fingerprint density at radius 3 is 2.13 bits per heavy atom. The molecule has 2 aromatic rings. The number of rotatable bonds is 8. The molecule has 0 spiro atoms. The van der Waals surface area contributed by atoms with Crippen molar-refractivity contribution in [2.45, 2.75) is 39.2 Å². The van der Waals surface area contributed by atoms with Crippen molar-refractivity contribution in [1.29, 1.82) is 0 Å². The summed E-state index contributed by atoms with van der Waals surface area (Å²) in [5.41, 5.74) is 3.59. The van der Waals surface area contributed by atoms with Gasteiger partial charge in [-0.3, -0.25) is 9.59 Å². The summed E-state index contributed by atoms with van der Waals surface area (Å²) in [7, 11) is 0. The highest BCUT2D eigenvalue weighted by molar-refractivity contribution is 5.87. The van der Waals surface area contributed by atoms with Crippen molar-refractivity contribution in [2.24, 2.45) is 5.41 Å². The van der Waals surface area contributed by atoms with Gasteiger partial charge in [0, 0.05) is 12.5 Å². The molecule has 7 heteroatoms. The molecular weight excluding hydrogens is 396 g/mol. The average molecular weight is 424 g/mol. The largest absolute Gasteiger partial charge is 0.480 e. The summed E-state index contributed by atoms with van der Waals surface area (Å²) in [5.74, 6) is -1.59. The Hall–Kier alpha value is -3.35. The van der Waals surface area contributed by atoms with Gasteiger partial charge in [-0.05, 0) is 42.5 Å². The van der Waals surface area contributed by atoms with Gasteiger partial charge in [0.25, 0.3) is 0 Å². The van der Waals surface area contributed by atoms with E-state index in [0.717, 1.165) is 22.3 Å². The first kappa shape index (κ1) is 22.3. The fourth-order valence-electron chi connectivity index (χ4n) is 3.72. The summed E-state index contributed by atoms with van der Waals surface area (Å²) in [5, 5.41) is 14.1. The van der Waals surface area contributed by atoms with E-state index in [0.29, 0.717) is 6.42 Å². The SMILES string of the molecule is CCC(C)(CNC(=O)OCC1c2ccccc2-c2ccccc21)C(=O)N[C@H](C)C(=O)O. The second kappa shape index (κ2) is 9.20. The zero-order valence-electron chi connectivity index (χ0n) is 18.0. The Balaban J connectivity index is 1.60. The first-order valence-corrected chi connectivity index (χ1v) is 10.4. The van der Waals surface area contributed by atoms with E-state index in [1.807, 2.05) is 43.3 Å². The Labute approximate surface area is 181 Å². The summed E-state index contributed by atoms with van der Waals surface area (Å²) in [4.78, 5) is 35.9. The Kier molecular flexibility index (Phi) is 6.63. The van der Waals surface area contributed by atoms with E-state index in [4.69, 9.17) is 9.84 Å². The molecule has 2 aromatic carbocycles. The first-order valence-electron chi connectivity index (χ1n) is 10.4. The second-order valence-electron chi connectivity index (χ2n) is 8.13. The Morgan fingerprint density at radius 1 is 1.06 bits per heavy atom. The van der Waals surface area contributed by atoms with Gasteiger partial charge in [-0.25, -0.2) is 4.79 Å². The van der Waals surface area contributed by atoms with Gasteiger partial charge < -0.3 is 20.5 Å². The fraction of sp³-hybridized carbons (Fsp3) is 0.375.